The van der Waals surface area contributed by atoms with E-state index < -0.39 is 0 Å². The Labute approximate surface area is 145 Å². The second-order valence-electron chi connectivity index (χ2n) is 6.95. The van der Waals surface area contributed by atoms with E-state index in [2.05, 4.69) is 48.2 Å². The number of anilines is 2. The number of aryl methyl sites for hydroxylation is 1. The molecule has 0 aromatic carbocycles. The molecule has 8 nitrogen and oxygen atoms in total. The van der Waals surface area contributed by atoms with Gasteiger partial charge in [0.2, 0.25) is 0 Å². The lowest BCUT2D eigenvalue weighted by molar-refractivity contribution is 0.486. The van der Waals surface area contributed by atoms with Crippen LogP contribution >= 0.6 is 0 Å². The van der Waals surface area contributed by atoms with Gasteiger partial charge < -0.3 is 9.80 Å². The van der Waals surface area contributed by atoms with Crippen molar-refractivity contribution in [2.75, 3.05) is 29.9 Å². The summed E-state index contributed by atoms with van der Waals surface area (Å²) in [6, 6.07) is 6.55. The van der Waals surface area contributed by atoms with Crippen LogP contribution in [0.15, 0.2) is 24.5 Å². The molecule has 0 unspecified atom stereocenters. The molecule has 128 valence electrons. The van der Waals surface area contributed by atoms with Crippen LogP contribution in [0.4, 0.5) is 11.6 Å². The molecule has 0 spiro atoms. The third kappa shape index (κ3) is 2.48. The van der Waals surface area contributed by atoms with Gasteiger partial charge in [-0.25, -0.2) is 9.97 Å². The van der Waals surface area contributed by atoms with Crippen molar-refractivity contribution >= 4 is 17.3 Å². The fraction of sp³-hybridized carbons (Fsp3) is 0.471. The fourth-order valence-corrected chi connectivity index (χ4v) is 3.29. The van der Waals surface area contributed by atoms with Gasteiger partial charge in [0.15, 0.2) is 11.5 Å². The number of fused-ring (bicyclic) bond motifs is 1. The predicted octanol–water partition coefficient (Wildman–Crippen LogP) is 1.43. The van der Waals surface area contributed by atoms with Crippen LogP contribution in [0.5, 0.6) is 0 Å². The smallest absolute Gasteiger partial charge is 0.178 e. The lowest BCUT2D eigenvalue weighted by Crippen LogP contribution is -2.59. The minimum atomic E-state index is 0.432. The van der Waals surface area contributed by atoms with Crippen molar-refractivity contribution in [1.29, 1.82) is 0 Å². The first-order chi connectivity index (χ1) is 12.2. The first kappa shape index (κ1) is 14.6. The summed E-state index contributed by atoms with van der Waals surface area (Å²) >= 11 is 0. The van der Waals surface area contributed by atoms with Gasteiger partial charge in [-0.05, 0) is 31.9 Å². The van der Waals surface area contributed by atoms with Crippen molar-refractivity contribution in [1.82, 2.24) is 29.8 Å². The zero-order valence-corrected chi connectivity index (χ0v) is 14.4. The van der Waals surface area contributed by atoms with Gasteiger partial charge in [-0.3, -0.25) is 0 Å². The van der Waals surface area contributed by atoms with Gasteiger partial charge in [-0.15, -0.1) is 15.3 Å². The van der Waals surface area contributed by atoms with E-state index >= 15 is 0 Å². The van der Waals surface area contributed by atoms with Crippen LogP contribution < -0.4 is 9.80 Å². The Morgan fingerprint density at radius 3 is 2.76 bits per heavy atom. The summed E-state index contributed by atoms with van der Waals surface area (Å²) in [5.74, 6) is 3.43. The Balaban J connectivity index is 1.30. The van der Waals surface area contributed by atoms with E-state index in [1.807, 2.05) is 19.1 Å². The van der Waals surface area contributed by atoms with Crippen LogP contribution in [0.2, 0.25) is 0 Å². The topological polar surface area (TPSA) is 75.3 Å². The summed E-state index contributed by atoms with van der Waals surface area (Å²) < 4.78 is 1.79. The van der Waals surface area contributed by atoms with Crippen LogP contribution in [0.1, 0.15) is 30.3 Å². The van der Waals surface area contributed by atoms with Gasteiger partial charge in [0.1, 0.15) is 18.0 Å². The first-order valence-corrected chi connectivity index (χ1v) is 8.68. The van der Waals surface area contributed by atoms with Crippen LogP contribution in [0.25, 0.3) is 5.65 Å². The molecule has 25 heavy (non-hydrogen) atoms. The Morgan fingerprint density at radius 2 is 1.96 bits per heavy atom. The Bertz CT molecular complexity index is 925. The lowest BCUT2D eigenvalue weighted by Gasteiger charge is -2.44. The van der Waals surface area contributed by atoms with E-state index in [1.54, 1.807) is 10.8 Å². The zero-order valence-electron chi connectivity index (χ0n) is 14.4. The molecule has 2 fully saturated rings. The quantitative estimate of drug-likeness (QED) is 0.713. The third-order valence-corrected chi connectivity index (χ3v) is 5.17. The molecule has 4 heterocycles. The second-order valence-corrected chi connectivity index (χ2v) is 6.95. The highest BCUT2D eigenvalue weighted by Crippen LogP contribution is 2.39. The lowest BCUT2D eigenvalue weighted by atomic mass is 10.1. The number of likely N-dealkylation sites (N-methyl/N-ethyl adjacent to an activating group) is 1. The normalized spacial score (nSPS) is 17.8. The van der Waals surface area contributed by atoms with Gasteiger partial charge >= 0.3 is 0 Å². The highest BCUT2D eigenvalue weighted by molar-refractivity contribution is 5.51. The Kier molecular flexibility index (Phi) is 3.13. The maximum atomic E-state index is 4.64. The van der Waals surface area contributed by atoms with Crippen LogP contribution in [-0.4, -0.2) is 56.0 Å². The van der Waals surface area contributed by atoms with Gasteiger partial charge in [0.25, 0.3) is 0 Å². The molecular formula is C17H20N8. The summed E-state index contributed by atoms with van der Waals surface area (Å²) in [4.78, 5) is 13.4. The summed E-state index contributed by atoms with van der Waals surface area (Å²) in [6.07, 6.45) is 4.21. The Morgan fingerprint density at radius 1 is 1.12 bits per heavy atom. The molecule has 1 aliphatic carbocycles. The molecule has 1 saturated heterocycles. The van der Waals surface area contributed by atoms with Crippen molar-refractivity contribution in [2.24, 2.45) is 0 Å². The average molecular weight is 336 g/mol. The second kappa shape index (κ2) is 5.37. The van der Waals surface area contributed by atoms with Crippen molar-refractivity contribution in [3.8, 4) is 0 Å². The van der Waals surface area contributed by atoms with Crippen LogP contribution in [0.3, 0.4) is 0 Å². The molecule has 2 aliphatic rings. The Hall–Kier alpha value is -2.77. The number of rotatable bonds is 4. The first-order valence-electron chi connectivity index (χ1n) is 8.68. The van der Waals surface area contributed by atoms with Gasteiger partial charge in [0, 0.05) is 37.8 Å². The molecule has 0 bridgehead atoms. The fourth-order valence-electron chi connectivity index (χ4n) is 3.29. The van der Waals surface area contributed by atoms with Crippen molar-refractivity contribution in [2.45, 2.75) is 31.7 Å². The molecule has 3 aromatic heterocycles. The molecule has 0 radical (unpaired) electrons. The van der Waals surface area contributed by atoms with E-state index in [-0.39, 0.29) is 0 Å². The van der Waals surface area contributed by atoms with Crippen LogP contribution in [0, 0.1) is 6.92 Å². The minimum Gasteiger partial charge on any atom is -0.353 e. The number of hydrogen-bond acceptors (Lipinski definition) is 7. The zero-order chi connectivity index (χ0) is 17.0. The summed E-state index contributed by atoms with van der Waals surface area (Å²) in [7, 11) is 2.11. The molecule has 3 aromatic rings. The van der Waals surface area contributed by atoms with Gasteiger partial charge in [-0.1, -0.05) is 0 Å². The maximum absolute atomic E-state index is 4.64. The van der Waals surface area contributed by atoms with Gasteiger partial charge in [0.05, 0.1) is 6.04 Å². The van der Waals surface area contributed by atoms with E-state index in [4.69, 9.17) is 0 Å². The van der Waals surface area contributed by atoms with Crippen molar-refractivity contribution in [3.63, 3.8) is 0 Å². The highest BCUT2D eigenvalue weighted by Gasteiger charge is 2.33. The maximum Gasteiger partial charge on any atom is 0.178 e. The molecule has 0 amide bonds. The average Bonchev–Trinajstić information content (AvgIpc) is 3.38. The summed E-state index contributed by atoms with van der Waals surface area (Å²) in [6.45, 7) is 3.77. The molecule has 1 aliphatic heterocycles. The largest absolute Gasteiger partial charge is 0.353 e. The highest BCUT2D eigenvalue weighted by atomic mass is 15.4. The summed E-state index contributed by atoms with van der Waals surface area (Å²) in [5.41, 5.74) is 1.97. The molecule has 1 saturated carbocycles. The summed E-state index contributed by atoms with van der Waals surface area (Å²) in [5, 5.41) is 12.8. The number of nitrogens with zero attached hydrogens (tertiary/aromatic N) is 8. The van der Waals surface area contributed by atoms with Crippen molar-refractivity contribution in [3.05, 3.63) is 36.0 Å². The van der Waals surface area contributed by atoms with Crippen molar-refractivity contribution < 1.29 is 0 Å². The molecule has 8 heteroatoms. The number of hydrogen-bond donors (Lipinski definition) is 0. The molecular weight excluding hydrogens is 316 g/mol. The van der Waals surface area contributed by atoms with E-state index in [0.29, 0.717) is 12.0 Å². The molecule has 5 rings (SSSR count). The SMILES string of the molecule is Cc1nnc2ccc(N3CC(N(C)c4cc(C5CC5)ncn4)C3)nn12. The minimum absolute atomic E-state index is 0.432. The molecule has 0 N–H and O–H groups in total. The monoisotopic (exact) mass is 336 g/mol. The van der Waals surface area contributed by atoms with E-state index in [9.17, 15) is 0 Å². The number of aromatic nitrogens is 6. The van der Waals surface area contributed by atoms with Gasteiger partial charge in [-0.2, -0.15) is 4.52 Å². The molecule has 0 atom stereocenters. The standard InChI is InChI=1S/C17H20N8/c1-11-20-21-15-5-6-16(22-25(11)15)24-8-13(9-24)23(2)17-7-14(12-3-4-12)18-10-19-17/h5-7,10,12-13H,3-4,8-9H2,1-2H3. The van der Waals surface area contributed by atoms with Crippen LogP contribution in [-0.2, 0) is 0 Å². The predicted molar refractivity (Wildman–Crippen MR) is 93.9 cm³/mol. The van der Waals surface area contributed by atoms with E-state index in [0.717, 1.165) is 36.2 Å². The third-order valence-electron chi connectivity index (χ3n) is 5.17. The van der Waals surface area contributed by atoms with E-state index in [1.165, 1.54) is 18.5 Å².